The summed E-state index contributed by atoms with van der Waals surface area (Å²) in [4.78, 5) is 40.1. The van der Waals surface area contributed by atoms with Crippen LogP contribution < -0.4 is 10.9 Å². The molecule has 0 aromatic carbocycles. The van der Waals surface area contributed by atoms with Crippen LogP contribution in [-0.2, 0) is 22.7 Å². The van der Waals surface area contributed by atoms with Gasteiger partial charge in [0.05, 0.1) is 24.1 Å². The number of nitrogens with one attached hydrogen (secondary N) is 1. The number of thioether (sulfide) groups is 1. The van der Waals surface area contributed by atoms with Gasteiger partial charge in [-0.1, -0.05) is 18.2 Å². The molecule has 0 fully saturated rings. The molecule has 0 radical (unpaired) electrons. The molecule has 3 rings (SSSR count). The third-order valence-corrected chi connectivity index (χ3v) is 6.04. The standard InChI is InChI=1S/C19H21N3O5S2/c23-15(20-11-13-5-4-9-27-13)12-29-19-21-14-7-10-28-17(14)18(26)22(19)8-3-1-2-6-16(24)25/h4-5,7,9-10H,1-3,6,8,11-12H2,(H,20,23)(H,24,25). The van der Waals surface area contributed by atoms with Gasteiger partial charge in [-0.3, -0.25) is 19.0 Å². The highest BCUT2D eigenvalue weighted by atomic mass is 32.2. The number of carboxylic acids is 1. The van der Waals surface area contributed by atoms with Gasteiger partial charge in [0.15, 0.2) is 5.16 Å². The van der Waals surface area contributed by atoms with Crippen molar-refractivity contribution in [3.8, 4) is 0 Å². The van der Waals surface area contributed by atoms with Crippen LogP contribution in [0.5, 0.6) is 0 Å². The van der Waals surface area contributed by atoms with Crippen molar-refractivity contribution in [2.24, 2.45) is 0 Å². The maximum atomic E-state index is 12.8. The lowest BCUT2D eigenvalue weighted by Crippen LogP contribution is -2.26. The normalized spacial score (nSPS) is 11.0. The second kappa shape index (κ2) is 10.3. The third kappa shape index (κ3) is 5.94. The summed E-state index contributed by atoms with van der Waals surface area (Å²) in [5.74, 6) is -0.207. The molecule has 10 heteroatoms. The molecule has 3 aromatic rings. The van der Waals surface area contributed by atoms with E-state index in [1.54, 1.807) is 29.0 Å². The molecule has 0 bridgehead atoms. The number of fused-ring (bicyclic) bond motifs is 1. The zero-order chi connectivity index (χ0) is 20.6. The zero-order valence-electron chi connectivity index (χ0n) is 15.6. The number of amides is 1. The Bertz CT molecular complexity index is 1030. The molecule has 0 aliphatic carbocycles. The maximum absolute atomic E-state index is 12.8. The monoisotopic (exact) mass is 435 g/mol. The molecule has 0 atom stereocenters. The number of unbranched alkanes of at least 4 members (excludes halogenated alkanes) is 2. The zero-order valence-corrected chi connectivity index (χ0v) is 17.3. The van der Waals surface area contributed by atoms with Crippen molar-refractivity contribution in [3.63, 3.8) is 0 Å². The first kappa shape index (κ1) is 21.1. The number of hydrogen-bond donors (Lipinski definition) is 2. The summed E-state index contributed by atoms with van der Waals surface area (Å²) in [5, 5.41) is 13.8. The average Bonchev–Trinajstić information content (AvgIpc) is 3.37. The lowest BCUT2D eigenvalue weighted by atomic mass is 10.2. The molecule has 0 saturated carbocycles. The Morgan fingerprint density at radius 1 is 1.28 bits per heavy atom. The van der Waals surface area contributed by atoms with E-state index in [4.69, 9.17) is 9.52 Å². The van der Waals surface area contributed by atoms with Crippen molar-refractivity contribution in [1.29, 1.82) is 0 Å². The Labute approximate surface area is 174 Å². The van der Waals surface area contributed by atoms with Crippen molar-refractivity contribution in [2.75, 3.05) is 5.75 Å². The van der Waals surface area contributed by atoms with E-state index in [0.717, 1.165) is 0 Å². The minimum absolute atomic E-state index is 0.120. The predicted octanol–water partition coefficient (Wildman–Crippen LogP) is 3.10. The van der Waals surface area contributed by atoms with Crippen LogP contribution in [0.4, 0.5) is 0 Å². The van der Waals surface area contributed by atoms with Crippen LogP contribution in [0.1, 0.15) is 31.4 Å². The largest absolute Gasteiger partial charge is 0.481 e. The molecule has 0 saturated heterocycles. The molecule has 0 aliphatic rings. The Morgan fingerprint density at radius 3 is 2.90 bits per heavy atom. The Balaban J connectivity index is 1.64. The van der Waals surface area contributed by atoms with E-state index in [-0.39, 0.29) is 23.6 Å². The molecule has 0 unspecified atom stereocenters. The van der Waals surface area contributed by atoms with Crippen molar-refractivity contribution < 1.29 is 19.1 Å². The number of carboxylic acid groups (broad SMARTS) is 1. The SMILES string of the molecule is O=C(O)CCCCCn1c(SCC(=O)NCc2ccco2)nc2ccsc2c1=O. The van der Waals surface area contributed by atoms with Crippen LogP contribution in [-0.4, -0.2) is 32.3 Å². The molecule has 3 heterocycles. The number of hydrogen-bond acceptors (Lipinski definition) is 7. The smallest absolute Gasteiger partial charge is 0.303 e. The Hall–Kier alpha value is -2.59. The fraction of sp³-hybridized carbons (Fsp3) is 0.368. The number of carbonyl (C=O) groups excluding carboxylic acids is 1. The fourth-order valence-corrected chi connectivity index (χ4v) is 4.37. The van der Waals surface area contributed by atoms with E-state index in [1.807, 2.05) is 5.38 Å². The van der Waals surface area contributed by atoms with E-state index in [2.05, 4.69) is 10.3 Å². The highest BCUT2D eigenvalue weighted by Crippen LogP contribution is 2.21. The molecule has 29 heavy (non-hydrogen) atoms. The van der Waals surface area contributed by atoms with Crippen molar-refractivity contribution in [3.05, 3.63) is 46.0 Å². The highest BCUT2D eigenvalue weighted by molar-refractivity contribution is 7.99. The molecular weight excluding hydrogens is 414 g/mol. The number of furan rings is 1. The van der Waals surface area contributed by atoms with E-state index >= 15 is 0 Å². The first-order chi connectivity index (χ1) is 14.0. The molecule has 1 amide bonds. The number of thiophene rings is 1. The van der Waals surface area contributed by atoms with Gasteiger partial charge < -0.3 is 14.8 Å². The van der Waals surface area contributed by atoms with Crippen LogP contribution in [0.15, 0.2) is 44.2 Å². The van der Waals surface area contributed by atoms with Crippen LogP contribution >= 0.6 is 23.1 Å². The molecule has 0 aliphatic heterocycles. The van der Waals surface area contributed by atoms with Gasteiger partial charge in [-0.25, -0.2) is 4.98 Å². The summed E-state index contributed by atoms with van der Waals surface area (Å²) in [5.41, 5.74) is 0.502. The molecule has 0 spiro atoms. The molecule has 154 valence electrons. The second-order valence-electron chi connectivity index (χ2n) is 6.34. The quantitative estimate of drug-likeness (QED) is 0.270. The van der Waals surface area contributed by atoms with Gasteiger partial charge in [0.2, 0.25) is 5.91 Å². The predicted molar refractivity (Wildman–Crippen MR) is 111 cm³/mol. The van der Waals surface area contributed by atoms with Gasteiger partial charge in [0.1, 0.15) is 10.5 Å². The first-order valence-corrected chi connectivity index (χ1v) is 11.0. The van der Waals surface area contributed by atoms with Gasteiger partial charge >= 0.3 is 5.97 Å². The Morgan fingerprint density at radius 2 is 2.14 bits per heavy atom. The van der Waals surface area contributed by atoms with Crippen LogP contribution in [0.3, 0.4) is 0 Å². The summed E-state index contributed by atoms with van der Waals surface area (Å²) in [6, 6.07) is 5.33. The lowest BCUT2D eigenvalue weighted by molar-refractivity contribution is -0.137. The average molecular weight is 436 g/mol. The lowest BCUT2D eigenvalue weighted by Gasteiger charge is -2.12. The molecule has 3 aromatic heterocycles. The van der Waals surface area contributed by atoms with Gasteiger partial charge in [-0.2, -0.15) is 0 Å². The highest BCUT2D eigenvalue weighted by Gasteiger charge is 2.14. The summed E-state index contributed by atoms with van der Waals surface area (Å²) < 4.78 is 7.36. The van der Waals surface area contributed by atoms with E-state index < -0.39 is 5.97 Å². The minimum Gasteiger partial charge on any atom is -0.481 e. The molecular formula is C19H21N3O5S2. The minimum atomic E-state index is -0.819. The van der Waals surface area contributed by atoms with Crippen LogP contribution in [0.2, 0.25) is 0 Å². The fourth-order valence-electron chi connectivity index (χ4n) is 2.73. The van der Waals surface area contributed by atoms with Gasteiger partial charge in [0, 0.05) is 13.0 Å². The number of aliphatic carboxylic acids is 1. The summed E-state index contributed by atoms with van der Waals surface area (Å²) in [6.45, 7) is 0.745. The topological polar surface area (TPSA) is 114 Å². The molecule has 2 N–H and O–H groups in total. The number of aromatic nitrogens is 2. The van der Waals surface area contributed by atoms with Gasteiger partial charge in [-0.05, 0) is 36.4 Å². The Kier molecular flexibility index (Phi) is 7.48. The first-order valence-electron chi connectivity index (χ1n) is 9.16. The third-order valence-electron chi connectivity index (χ3n) is 4.18. The second-order valence-corrected chi connectivity index (χ2v) is 8.19. The number of carbonyl (C=O) groups is 2. The van der Waals surface area contributed by atoms with Crippen LogP contribution in [0.25, 0.3) is 10.2 Å². The van der Waals surface area contributed by atoms with Gasteiger partial charge in [-0.15, -0.1) is 11.3 Å². The summed E-state index contributed by atoms with van der Waals surface area (Å²) >= 11 is 2.56. The number of nitrogens with zero attached hydrogens (tertiary/aromatic N) is 2. The van der Waals surface area contributed by atoms with E-state index in [1.165, 1.54) is 23.1 Å². The van der Waals surface area contributed by atoms with Crippen molar-refractivity contribution in [1.82, 2.24) is 14.9 Å². The summed E-state index contributed by atoms with van der Waals surface area (Å²) in [6.07, 6.45) is 3.61. The van der Waals surface area contributed by atoms with Crippen molar-refractivity contribution in [2.45, 2.75) is 43.9 Å². The van der Waals surface area contributed by atoms with Gasteiger partial charge in [0.25, 0.3) is 5.56 Å². The van der Waals surface area contributed by atoms with Crippen molar-refractivity contribution >= 4 is 45.2 Å². The molecule has 8 nitrogen and oxygen atoms in total. The number of rotatable bonds is 11. The maximum Gasteiger partial charge on any atom is 0.303 e. The van der Waals surface area contributed by atoms with E-state index in [0.29, 0.717) is 53.5 Å². The van der Waals surface area contributed by atoms with Crippen LogP contribution in [0, 0.1) is 0 Å². The van der Waals surface area contributed by atoms with E-state index in [9.17, 15) is 14.4 Å². The summed E-state index contributed by atoms with van der Waals surface area (Å²) in [7, 11) is 0.